The third-order valence-electron chi connectivity index (χ3n) is 4.54. The summed E-state index contributed by atoms with van der Waals surface area (Å²) >= 11 is 12.7. The van der Waals surface area contributed by atoms with Gasteiger partial charge in [0.15, 0.2) is 23.1 Å². The smallest absolute Gasteiger partial charge is 0.250 e. The largest absolute Gasteiger partial charge is 0.436 e. The van der Waals surface area contributed by atoms with Gasteiger partial charge in [-0.15, -0.1) is 0 Å². The Kier molecular flexibility index (Phi) is 6.71. The fraction of sp³-hybridized carbons (Fsp3) is 0.333. The Morgan fingerprint density at radius 2 is 1.81 bits per heavy atom. The average molecular weight is 464 g/mol. The van der Waals surface area contributed by atoms with Crippen LogP contribution in [0.25, 0.3) is 0 Å². The first kappa shape index (κ1) is 22.8. The van der Waals surface area contributed by atoms with Crippen molar-refractivity contribution in [2.75, 3.05) is 13.1 Å². The molecule has 2 aliphatic rings. The molecule has 0 aromatic heterocycles. The predicted octanol–water partition coefficient (Wildman–Crippen LogP) is 3.03. The number of amides is 1. The second-order valence-corrected chi connectivity index (χ2v) is 8.22. The maximum absolute atomic E-state index is 12.4. The molecule has 0 spiro atoms. The number of carbonyl (C=O) groups excluding carboxylic acids is 4. The molecule has 0 unspecified atom stereocenters. The summed E-state index contributed by atoms with van der Waals surface area (Å²) in [7, 11) is 0. The molecule has 1 amide bonds. The topological polar surface area (TPSA) is 105 Å². The molecule has 8 nitrogen and oxygen atoms in total. The Bertz CT molecular complexity index is 1070. The maximum atomic E-state index is 12.4. The minimum Gasteiger partial charge on any atom is -0.436 e. The van der Waals surface area contributed by atoms with Crippen LogP contribution in [-0.4, -0.2) is 53.0 Å². The van der Waals surface area contributed by atoms with E-state index in [1.54, 1.807) is 6.08 Å². The molecular weight excluding hydrogens is 445 g/mol. The van der Waals surface area contributed by atoms with E-state index in [2.05, 4.69) is 10.1 Å². The molecule has 0 bridgehead atoms. The zero-order valence-electron chi connectivity index (χ0n) is 17.1. The van der Waals surface area contributed by atoms with Gasteiger partial charge in [-0.3, -0.25) is 19.2 Å². The molecule has 2 aliphatic heterocycles. The molecule has 1 aromatic rings. The number of dihydropyridines is 1. The summed E-state index contributed by atoms with van der Waals surface area (Å²) in [5, 5.41) is 5.16. The van der Waals surface area contributed by atoms with Crippen LogP contribution in [0.5, 0.6) is 5.75 Å². The number of hydrogen-bond donors (Lipinski definition) is 0. The second kappa shape index (κ2) is 9.11. The highest BCUT2D eigenvalue weighted by molar-refractivity contribution is 6.50. The van der Waals surface area contributed by atoms with E-state index >= 15 is 0 Å². The molecule has 2 heterocycles. The lowest BCUT2D eigenvalue weighted by molar-refractivity contribution is -0.138. The van der Waals surface area contributed by atoms with E-state index in [1.165, 1.54) is 19.1 Å². The van der Waals surface area contributed by atoms with Crippen molar-refractivity contribution in [2.45, 2.75) is 27.2 Å². The van der Waals surface area contributed by atoms with Crippen molar-refractivity contribution >= 4 is 58.1 Å². The minimum absolute atomic E-state index is 0.00547. The van der Waals surface area contributed by atoms with Gasteiger partial charge in [0.25, 0.3) is 5.91 Å². The van der Waals surface area contributed by atoms with E-state index in [1.807, 2.05) is 13.8 Å². The fourth-order valence-electron chi connectivity index (χ4n) is 3.05. The summed E-state index contributed by atoms with van der Waals surface area (Å²) in [5.41, 5.74) is 0.845. The van der Waals surface area contributed by atoms with Gasteiger partial charge in [0, 0.05) is 17.2 Å². The lowest BCUT2D eigenvalue weighted by Gasteiger charge is -2.22. The number of carbonyl (C=O) groups is 4. The molecule has 0 radical (unpaired) electrons. The molecule has 31 heavy (non-hydrogen) atoms. The summed E-state index contributed by atoms with van der Waals surface area (Å²) in [6, 6.07) is 2.87. The third-order valence-corrected chi connectivity index (χ3v) is 5.10. The molecule has 0 saturated carbocycles. The number of rotatable bonds is 5. The molecule has 0 atom stereocenters. The van der Waals surface area contributed by atoms with Crippen LogP contribution in [0.15, 0.2) is 33.9 Å². The minimum atomic E-state index is -0.557. The summed E-state index contributed by atoms with van der Waals surface area (Å²) in [6.45, 7) is 4.84. The lowest BCUT2D eigenvalue weighted by Crippen LogP contribution is -2.39. The van der Waals surface area contributed by atoms with E-state index in [0.29, 0.717) is 5.57 Å². The average Bonchev–Trinajstić information content (AvgIpc) is 2.67. The van der Waals surface area contributed by atoms with Gasteiger partial charge in [-0.25, -0.2) is 10.0 Å². The highest BCUT2D eigenvalue weighted by Gasteiger charge is 2.30. The molecule has 0 N–H and O–H groups in total. The summed E-state index contributed by atoms with van der Waals surface area (Å²) in [4.78, 5) is 51.7. The first-order valence-corrected chi connectivity index (χ1v) is 10.2. The van der Waals surface area contributed by atoms with Crippen molar-refractivity contribution in [3.63, 3.8) is 0 Å². The van der Waals surface area contributed by atoms with Crippen molar-refractivity contribution < 1.29 is 23.9 Å². The Morgan fingerprint density at radius 3 is 2.39 bits per heavy atom. The van der Waals surface area contributed by atoms with Crippen LogP contribution in [-0.2, 0) is 19.2 Å². The molecule has 0 fully saturated rings. The zero-order valence-corrected chi connectivity index (χ0v) is 18.6. The number of ketones is 3. The number of benzene rings is 1. The molecular formula is C21H19Cl2N3O5. The number of hydrazone groups is 1. The van der Waals surface area contributed by atoms with Crippen molar-refractivity contribution in [3.8, 4) is 5.75 Å². The number of ether oxygens (including phenoxy) is 1. The van der Waals surface area contributed by atoms with Gasteiger partial charge in [-0.05, 0) is 25.0 Å². The van der Waals surface area contributed by atoms with Gasteiger partial charge < -0.3 is 4.74 Å². The van der Waals surface area contributed by atoms with Crippen LogP contribution in [0, 0.1) is 5.92 Å². The third kappa shape index (κ3) is 5.08. The maximum Gasteiger partial charge on any atom is 0.250 e. The summed E-state index contributed by atoms with van der Waals surface area (Å²) < 4.78 is 5.73. The number of halogens is 2. The van der Waals surface area contributed by atoms with Crippen LogP contribution < -0.4 is 4.74 Å². The molecule has 0 aliphatic carbocycles. The first-order valence-electron chi connectivity index (χ1n) is 9.45. The Hall–Kier alpha value is -2.84. The predicted molar refractivity (Wildman–Crippen MR) is 116 cm³/mol. The van der Waals surface area contributed by atoms with Gasteiger partial charge in [0.2, 0.25) is 5.90 Å². The number of nitrogens with zero attached hydrogens (tertiary/aromatic N) is 3. The number of Topliss-reactive ketones (excluding diaryl/α,β-unsaturated/α-hetero) is 3. The molecule has 10 heteroatoms. The summed E-state index contributed by atoms with van der Waals surface area (Å²) in [6.07, 6.45) is 1.14. The van der Waals surface area contributed by atoms with Gasteiger partial charge >= 0.3 is 0 Å². The van der Waals surface area contributed by atoms with E-state index < -0.39 is 18.1 Å². The highest BCUT2D eigenvalue weighted by atomic mass is 35.5. The van der Waals surface area contributed by atoms with E-state index in [0.717, 1.165) is 5.01 Å². The van der Waals surface area contributed by atoms with Crippen LogP contribution in [0.3, 0.4) is 0 Å². The van der Waals surface area contributed by atoms with Crippen LogP contribution in [0.1, 0.15) is 32.8 Å². The Labute approximate surface area is 188 Å². The van der Waals surface area contributed by atoms with Gasteiger partial charge in [-0.2, -0.15) is 5.10 Å². The van der Waals surface area contributed by atoms with Gasteiger partial charge in [0.1, 0.15) is 18.8 Å². The van der Waals surface area contributed by atoms with Crippen molar-refractivity contribution in [1.82, 2.24) is 5.01 Å². The van der Waals surface area contributed by atoms with Crippen molar-refractivity contribution in [3.05, 3.63) is 39.4 Å². The monoisotopic (exact) mass is 463 g/mol. The standard InChI is InChI=1S/C21H19Cl2N3O5/c1-10(2)13-6-18(24-8-17(13)29)31-21-14(22)4-12(5-15(21)23)20-16(28)7-19(30)26(25-20)9-11(3)27/h4-6,10H,7-9H2,1-3H3. The lowest BCUT2D eigenvalue weighted by atomic mass is 9.97. The van der Waals surface area contributed by atoms with Crippen LogP contribution in [0.2, 0.25) is 10.0 Å². The molecule has 0 saturated heterocycles. The van der Waals surface area contributed by atoms with E-state index in [4.69, 9.17) is 27.9 Å². The highest BCUT2D eigenvalue weighted by Crippen LogP contribution is 2.35. The van der Waals surface area contributed by atoms with Crippen molar-refractivity contribution in [2.24, 2.45) is 16.0 Å². The van der Waals surface area contributed by atoms with E-state index in [-0.39, 0.29) is 63.5 Å². The summed E-state index contributed by atoms with van der Waals surface area (Å²) in [5.74, 6) is -1.10. The Balaban J connectivity index is 1.92. The molecule has 3 rings (SSSR count). The fourth-order valence-corrected chi connectivity index (χ4v) is 3.61. The SMILES string of the molecule is CC(=O)CN1N=C(c2cc(Cl)c(OC3=NCC(=O)C(C(C)C)=C3)c(Cl)c2)C(=O)CC1=O. The second-order valence-electron chi connectivity index (χ2n) is 7.41. The first-order chi connectivity index (χ1) is 14.6. The van der Waals surface area contributed by atoms with Gasteiger partial charge in [0.05, 0.1) is 16.5 Å². The number of aliphatic imine (C=N–C) groups is 1. The molecule has 1 aromatic carbocycles. The Morgan fingerprint density at radius 1 is 1.16 bits per heavy atom. The van der Waals surface area contributed by atoms with Crippen LogP contribution in [0.4, 0.5) is 0 Å². The molecule has 162 valence electrons. The van der Waals surface area contributed by atoms with E-state index in [9.17, 15) is 19.2 Å². The van der Waals surface area contributed by atoms with Gasteiger partial charge in [-0.1, -0.05) is 37.0 Å². The van der Waals surface area contributed by atoms with Crippen LogP contribution >= 0.6 is 23.2 Å². The normalized spacial score (nSPS) is 16.9. The zero-order chi connectivity index (χ0) is 22.9. The number of hydrogen-bond acceptors (Lipinski definition) is 7. The quantitative estimate of drug-likeness (QED) is 0.623. The van der Waals surface area contributed by atoms with Crippen molar-refractivity contribution in [1.29, 1.82) is 0 Å².